The highest BCUT2D eigenvalue weighted by atomic mass is 16.2. The number of aryl methyl sites for hydroxylation is 1. The molecule has 1 rings (SSSR count). The highest BCUT2D eigenvalue weighted by molar-refractivity contribution is 5.93. The van der Waals surface area contributed by atoms with E-state index in [9.17, 15) is 4.79 Å². The Labute approximate surface area is 108 Å². The van der Waals surface area contributed by atoms with Crippen LogP contribution in [0.2, 0.25) is 0 Å². The van der Waals surface area contributed by atoms with Crippen LogP contribution in [0.3, 0.4) is 0 Å². The Bertz CT molecular complexity index is 456. The first-order chi connectivity index (χ1) is 8.45. The van der Waals surface area contributed by atoms with Gasteiger partial charge in [-0.15, -0.1) is 0 Å². The second kappa shape index (κ2) is 6.10. The van der Waals surface area contributed by atoms with Gasteiger partial charge in [-0.05, 0) is 12.0 Å². The second-order valence-electron chi connectivity index (χ2n) is 4.82. The Morgan fingerprint density at radius 2 is 2.28 bits per heavy atom. The maximum absolute atomic E-state index is 12.4. The van der Waals surface area contributed by atoms with E-state index in [0.29, 0.717) is 36.8 Å². The number of aromatic nitrogens is 1. The molecular formula is C13H20N4O. The van der Waals surface area contributed by atoms with Gasteiger partial charge in [-0.2, -0.15) is 5.26 Å². The molecule has 0 radical (unpaired) electrons. The Hall–Kier alpha value is -1.96. The molecule has 0 spiro atoms. The van der Waals surface area contributed by atoms with E-state index < -0.39 is 0 Å². The number of hydrogen-bond acceptors (Lipinski definition) is 3. The summed E-state index contributed by atoms with van der Waals surface area (Å²) in [5.41, 5.74) is 6.81. The number of nitrogens with zero attached hydrogens (tertiary/aromatic N) is 3. The fraction of sp³-hybridized carbons (Fsp3) is 0.538. The summed E-state index contributed by atoms with van der Waals surface area (Å²) in [5, 5.41) is 8.65. The number of anilines is 1. The number of amides is 1. The molecule has 0 aromatic carbocycles. The third kappa shape index (κ3) is 3.52. The number of hydrogen-bond donors (Lipinski definition) is 1. The van der Waals surface area contributed by atoms with Gasteiger partial charge in [0.2, 0.25) is 0 Å². The van der Waals surface area contributed by atoms with Crippen molar-refractivity contribution in [1.29, 1.82) is 5.26 Å². The predicted octanol–water partition coefficient (Wildman–Crippen LogP) is 1.62. The van der Waals surface area contributed by atoms with Gasteiger partial charge in [0.15, 0.2) is 0 Å². The van der Waals surface area contributed by atoms with Crippen molar-refractivity contribution in [3.63, 3.8) is 0 Å². The molecule has 0 atom stereocenters. The van der Waals surface area contributed by atoms with Gasteiger partial charge in [-0.25, -0.2) is 0 Å². The summed E-state index contributed by atoms with van der Waals surface area (Å²) in [7, 11) is 1.79. The molecule has 5 nitrogen and oxygen atoms in total. The first-order valence-electron chi connectivity index (χ1n) is 6.03. The van der Waals surface area contributed by atoms with Crippen molar-refractivity contribution < 1.29 is 4.79 Å². The number of carbonyl (C=O) groups is 1. The summed E-state index contributed by atoms with van der Waals surface area (Å²) < 4.78 is 1.72. The Morgan fingerprint density at radius 1 is 1.61 bits per heavy atom. The van der Waals surface area contributed by atoms with E-state index in [1.54, 1.807) is 28.8 Å². The van der Waals surface area contributed by atoms with E-state index in [0.717, 1.165) is 0 Å². The number of rotatable bonds is 5. The molecule has 0 fully saturated rings. The number of nitriles is 1. The second-order valence-corrected chi connectivity index (χ2v) is 4.82. The van der Waals surface area contributed by atoms with Gasteiger partial charge >= 0.3 is 0 Å². The van der Waals surface area contributed by atoms with Crippen LogP contribution in [0.25, 0.3) is 0 Å². The lowest BCUT2D eigenvalue weighted by atomic mass is 10.2. The Kier molecular flexibility index (Phi) is 4.78. The fourth-order valence-corrected chi connectivity index (χ4v) is 1.87. The molecule has 98 valence electrons. The molecule has 0 saturated carbocycles. The van der Waals surface area contributed by atoms with E-state index in [1.165, 1.54) is 0 Å². The largest absolute Gasteiger partial charge is 0.397 e. The number of carbonyl (C=O) groups excluding carboxylic acids is 1. The van der Waals surface area contributed by atoms with Crippen LogP contribution in [-0.4, -0.2) is 28.5 Å². The lowest BCUT2D eigenvalue weighted by molar-refractivity contribution is 0.0730. The molecule has 1 heterocycles. The van der Waals surface area contributed by atoms with Gasteiger partial charge in [-0.1, -0.05) is 13.8 Å². The van der Waals surface area contributed by atoms with E-state index in [2.05, 4.69) is 6.07 Å². The summed E-state index contributed by atoms with van der Waals surface area (Å²) in [6.45, 7) is 5.20. The van der Waals surface area contributed by atoms with Crippen molar-refractivity contribution in [3.8, 4) is 6.07 Å². The van der Waals surface area contributed by atoms with Crippen LogP contribution < -0.4 is 5.73 Å². The van der Waals surface area contributed by atoms with Crippen LogP contribution in [0.1, 0.15) is 30.8 Å². The lowest BCUT2D eigenvalue weighted by Crippen LogP contribution is -2.35. The van der Waals surface area contributed by atoms with E-state index in [4.69, 9.17) is 11.0 Å². The van der Waals surface area contributed by atoms with E-state index >= 15 is 0 Å². The highest BCUT2D eigenvalue weighted by Crippen LogP contribution is 2.13. The molecule has 0 bridgehead atoms. The quantitative estimate of drug-likeness (QED) is 0.860. The zero-order valence-electron chi connectivity index (χ0n) is 11.2. The molecule has 0 unspecified atom stereocenters. The van der Waals surface area contributed by atoms with E-state index in [-0.39, 0.29) is 5.91 Å². The highest BCUT2D eigenvalue weighted by Gasteiger charge is 2.19. The van der Waals surface area contributed by atoms with Crippen molar-refractivity contribution in [2.75, 3.05) is 18.8 Å². The number of nitrogens with two attached hydrogens (primary N) is 1. The molecule has 1 aromatic rings. The third-order valence-electron chi connectivity index (χ3n) is 2.61. The Morgan fingerprint density at radius 3 is 2.72 bits per heavy atom. The molecule has 18 heavy (non-hydrogen) atoms. The first-order valence-corrected chi connectivity index (χ1v) is 6.03. The minimum absolute atomic E-state index is 0.0712. The molecule has 0 aliphatic carbocycles. The summed E-state index contributed by atoms with van der Waals surface area (Å²) in [4.78, 5) is 14.1. The zero-order chi connectivity index (χ0) is 13.7. The molecule has 1 aromatic heterocycles. The van der Waals surface area contributed by atoms with Crippen molar-refractivity contribution in [2.45, 2.75) is 20.3 Å². The zero-order valence-corrected chi connectivity index (χ0v) is 11.2. The van der Waals surface area contributed by atoms with Crippen molar-refractivity contribution in [3.05, 3.63) is 18.0 Å². The summed E-state index contributed by atoms with van der Waals surface area (Å²) >= 11 is 0. The molecule has 0 saturated heterocycles. The van der Waals surface area contributed by atoms with Crippen molar-refractivity contribution >= 4 is 11.6 Å². The van der Waals surface area contributed by atoms with Crippen molar-refractivity contribution in [2.24, 2.45) is 13.0 Å². The normalized spacial score (nSPS) is 10.4. The van der Waals surface area contributed by atoms with Crippen LogP contribution in [0, 0.1) is 17.2 Å². The fourth-order valence-electron chi connectivity index (χ4n) is 1.87. The van der Waals surface area contributed by atoms with Crippen LogP contribution in [-0.2, 0) is 7.05 Å². The van der Waals surface area contributed by atoms with Crippen LogP contribution in [0.4, 0.5) is 5.69 Å². The van der Waals surface area contributed by atoms with Crippen LogP contribution in [0.15, 0.2) is 12.3 Å². The van der Waals surface area contributed by atoms with Gasteiger partial charge in [-0.3, -0.25) is 4.79 Å². The van der Waals surface area contributed by atoms with Gasteiger partial charge in [0, 0.05) is 26.3 Å². The molecule has 5 heteroatoms. The monoisotopic (exact) mass is 248 g/mol. The minimum atomic E-state index is -0.0712. The molecule has 1 amide bonds. The SMILES string of the molecule is CC(C)CN(CCC#N)C(=O)c1cc(N)cn1C. The average Bonchev–Trinajstić information content (AvgIpc) is 2.62. The predicted molar refractivity (Wildman–Crippen MR) is 70.8 cm³/mol. The topological polar surface area (TPSA) is 75.1 Å². The smallest absolute Gasteiger partial charge is 0.270 e. The standard InChI is InChI=1S/C13H20N4O/c1-10(2)8-17(6-4-5-14)13(18)12-7-11(15)9-16(12)3/h7,9-10H,4,6,8,15H2,1-3H3. The van der Waals surface area contributed by atoms with E-state index in [1.807, 2.05) is 13.8 Å². The Balaban J connectivity index is 2.88. The molecule has 2 N–H and O–H groups in total. The maximum Gasteiger partial charge on any atom is 0.270 e. The molecular weight excluding hydrogens is 228 g/mol. The van der Waals surface area contributed by atoms with Gasteiger partial charge < -0.3 is 15.2 Å². The molecule has 0 aliphatic rings. The minimum Gasteiger partial charge on any atom is -0.397 e. The molecule has 0 aliphatic heterocycles. The summed E-state index contributed by atoms with van der Waals surface area (Å²) in [5.74, 6) is 0.295. The van der Waals surface area contributed by atoms with Crippen molar-refractivity contribution in [1.82, 2.24) is 9.47 Å². The average molecular weight is 248 g/mol. The first kappa shape index (κ1) is 14.1. The van der Waals surface area contributed by atoms with Crippen LogP contribution in [0.5, 0.6) is 0 Å². The summed E-state index contributed by atoms with van der Waals surface area (Å²) in [6.07, 6.45) is 2.06. The van der Waals surface area contributed by atoms with Gasteiger partial charge in [0.25, 0.3) is 5.91 Å². The van der Waals surface area contributed by atoms with Gasteiger partial charge in [0.05, 0.1) is 18.2 Å². The number of nitrogen functional groups attached to an aromatic ring is 1. The van der Waals surface area contributed by atoms with Gasteiger partial charge in [0.1, 0.15) is 5.69 Å². The lowest BCUT2D eigenvalue weighted by Gasteiger charge is -2.23. The maximum atomic E-state index is 12.4. The van der Waals surface area contributed by atoms with Crippen LogP contribution >= 0.6 is 0 Å². The third-order valence-corrected chi connectivity index (χ3v) is 2.61. The summed E-state index contributed by atoms with van der Waals surface area (Å²) in [6, 6.07) is 3.74.